The number of hydrogen-bond acceptors (Lipinski definition) is 6. The van der Waals surface area contributed by atoms with Gasteiger partial charge in [-0.25, -0.2) is 0 Å². The molecule has 2 aliphatic carbocycles. The van der Waals surface area contributed by atoms with Crippen molar-refractivity contribution in [3.05, 3.63) is 76.0 Å². The van der Waals surface area contributed by atoms with E-state index in [-0.39, 0.29) is 30.5 Å². The van der Waals surface area contributed by atoms with E-state index in [1.807, 2.05) is 35.7 Å². The van der Waals surface area contributed by atoms with E-state index in [1.54, 1.807) is 24.3 Å². The van der Waals surface area contributed by atoms with E-state index in [2.05, 4.69) is 0 Å². The third-order valence-corrected chi connectivity index (χ3v) is 11.5. The molecular formula is C30H24Cl2N2O5S. The van der Waals surface area contributed by atoms with Crippen LogP contribution in [-0.4, -0.2) is 55.3 Å². The summed E-state index contributed by atoms with van der Waals surface area (Å²) in [5, 5.41) is 13.7. The third kappa shape index (κ3) is 3.12. The normalized spacial score (nSPS) is 33.3. The number of nitrogens with zero attached hydrogens (tertiary/aromatic N) is 2. The lowest BCUT2D eigenvalue weighted by atomic mass is 9.56. The zero-order valence-corrected chi connectivity index (χ0v) is 23.7. The van der Waals surface area contributed by atoms with Crippen LogP contribution in [0.3, 0.4) is 0 Å². The highest BCUT2D eigenvalue weighted by Crippen LogP contribution is 2.65. The van der Waals surface area contributed by atoms with Crippen molar-refractivity contribution >= 4 is 68.9 Å². The van der Waals surface area contributed by atoms with Crippen LogP contribution in [-0.2, 0) is 25.7 Å². The molecule has 0 bridgehead atoms. The summed E-state index contributed by atoms with van der Waals surface area (Å²) in [6.45, 7) is 0.196. The number of rotatable bonds is 3. The zero-order valence-electron chi connectivity index (χ0n) is 21.3. The summed E-state index contributed by atoms with van der Waals surface area (Å²) >= 11 is 16.0. The molecule has 0 radical (unpaired) electrons. The van der Waals surface area contributed by atoms with Crippen molar-refractivity contribution in [2.24, 2.45) is 17.8 Å². The standard InChI is InChI=1S/C30H24Cl2N2O5S/c1-33-27(38)29(31)13-21-19(8-9-20-23(21)26(37)34(25(20)36)14-15-5-4-12-40-15)24(30(29,32)28(33)39)18-10-11-22(35)17-7-3-2-6-16(17)18/h2-8,10-12,20-21,23-24,35H,9,13-14H2,1H3/t20-,21+,23-,24-,29+,30-/m0/s1. The second kappa shape index (κ2) is 8.65. The van der Waals surface area contributed by atoms with Crippen molar-refractivity contribution in [1.82, 2.24) is 9.80 Å². The summed E-state index contributed by atoms with van der Waals surface area (Å²) in [4.78, 5) is 54.4. The Balaban J connectivity index is 1.42. The van der Waals surface area contributed by atoms with Gasteiger partial charge in [-0.15, -0.1) is 34.5 Å². The number of alkyl halides is 2. The first-order chi connectivity index (χ1) is 19.1. The van der Waals surface area contributed by atoms with Gasteiger partial charge in [0.2, 0.25) is 11.8 Å². The second-order valence-electron chi connectivity index (χ2n) is 11.1. The van der Waals surface area contributed by atoms with Gasteiger partial charge in [0, 0.05) is 23.2 Å². The molecule has 4 amide bonds. The van der Waals surface area contributed by atoms with Crippen molar-refractivity contribution in [1.29, 1.82) is 0 Å². The number of amides is 4. The lowest BCUT2D eigenvalue weighted by Crippen LogP contribution is -2.60. The highest BCUT2D eigenvalue weighted by atomic mass is 35.5. The zero-order chi connectivity index (χ0) is 28.1. The molecule has 3 aromatic rings. The molecule has 6 atom stereocenters. The first-order valence-electron chi connectivity index (χ1n) is 13.1. The van der Waals surface area contributed by atoms with Gasteiger partial charge in [-0.2, -0.15) is 0 Å². The van der Waals surface area contributed by atoms with Gasteiger partial charge < -0.3 is 5.11 Å². The number of thiophene rings is 1. The Morgan fingerprint density at radius 3 is 2.42 bits per heavy atom. The Kier molecular flexibility index (Phi) is 5.57. The molecule has 10 heteroatoms. The molecule has 204 valence electrons. The molecule has 40 heavy (non-hydrogen) atoms. The minimum absolute atomic E-state index is 0.0433. The summed E-state index contributed by atoms with van der Waals surface area (Å²) in [7, 11) is 1.37. The molecule has 7 nitrogen and oxygen atoms in total. The molecule has 1 N–H and O–H groups in total. The maximum atomic E-state index is 13.9. The third-order valence-electron chi connectivity index (χ3n) is 9.25. The first kappa shape index (κ1) is 25.7. The van der Waals surface area contributed by atoms with Gasteiger partial charge in [-0.05, 0) is 47.2 Å². The van der Waals surface area contributed by atoms with Crippen molar-refractivity contribution < 1.29 is 24.3 Å². The smallest absolute Gasteiger partial charge is 0.253 e. The van der Waals surface area contributed by atoms with E-state index < -0.39 is 45.2 Å². The average Bonchev–Trinajstić information content (AvgIpc) is 3.59. The molecule has 3 fully saturated rings. The molecule has 0 spiro atoms. The number of halogens is 2. The molecule has 1 saturated carbocycles. The van der Waals surface area contributed by atoms with Gasteiger partial charge in [-0.1, -0.05) is 48.0 Å². The maximum Gasteiger partial charge on any atom is 0.253 e. The van der Waals surface area contributed by atoms with Crippen LogP contribution in [0.25, 0.3) is 10.8 Å². The van der Waals surface area contributed by atoms with Gasteiger partial charge in [-0.3, -0.25) is 29.0 Å². The number of carbonyl (C=O) groups excluding carboxylic acids is 4. The van der Waals surface area contributed by atoms with Crippen LogP contribution in [0.5, 0.6) is 5.75 Å². The van der Waals surface area contributed by atoms with Crippen LogP contribution < -0.4 is 0 Å². The van der Waals surface area contributed by atoms with E-state index in [1.165, 1.54) is 23.3 Å². The van der Waals surface area contributed by atoms with Gasteiger partial charge in [0.15, 0.2) is 9.75 Å². The summed E-state index contributed by atoms with van der Waals surface area (Å²) in [5.74, 6) is -4.42. The Bertz CT molecular complexity index is 1670. The van der Waals surface area contributed by atoms with Gasteiger partial charge in [0.1, 0.15) is 5.75 Å². The predicted molar refractivity (Wildman–Crippen MR) is 151 cm³/mol. The van der Waals surface area contributed by atoms with Crippen LogP contribution in [0.15, 0.2) is 65.6 Å². The summed E-state index contributed by atoms with van der Waals surface area (Å²) in [5.41, 5.74) is 1.37. The molecule has 7 rings (SSSR count). The number of benzene rings is 2. The first-order valence-corrected chi connectivity index (χ1v) is 14.7. The van der Waals surface area contributed by atoms with E-state index >= 15 is 0 Å². The Hall–Kier alpha value is -3.20. The predicted octanol–water partition coefficient (Wildman–Crippen LogP) is 4.80. The maximum absolute atomic E-state index is 13.9. The second-order valence-corrected chi connectivity index (χ2v) is 13.3. The van der Waals surface area contributed by atoms with Crippen LogP contribution in [0.2, 0.25) is 0 Å². The van der Waals surface area contributed by atoms with E-state index in [4.69, 9.17) is 23.2 Å². The average molecular weight is 596 g/mol. The minimum Gasteiger partial charge on any atom is -0.507 e. The highest BCUT2D eigenvalue weighted by molar-refractivity contribution is 7.09. The quantitative estimate of drug-likeness (QED) is 0.267. The van der Waals surface area contributed by atoms with Crippen LogP contribution in [0, 0.1) is 17.8 Å². The fourth-order valence-corrected chi connectivity index (χ4v) is 9.13. The minimum atomic E-state index is -1.86. The largest absolute Gasteiger partial charge is 0.507 e. The lowest BCUT2D eigenvalue weighted by molar-refractivity contribution is -0.141. The van der Waals surface area contributed by atoms with E-state index in [9.17, 15) is 24.3 Å². The Labute approximate surface area is 244 Å². The van der Waals surface area contributed by atoms with Crippen LogP contribution in [0.1, 0.15) is 29.2 Å². The number of aromatic hydroxyl groups is 1. The van der Waals surface area contributed by atoms with Gasteiger partial charge in [0.25, 0.3) is 11.8 Å². The molecule has 0 unspecified atom stereocenters. The van der Waals surface area contributed by atoms with E-state index in [0.717, 1.165) is 15.4 Å². The highest BCUT2D eigenvalue weighted by Gasteiger charge is 2.76. The molecule has 3 heterocycles. The number of likely N-dealkylation sites (tertiary alicyclic amines) is 2. The Morgan fingerprint density at radius 2 is 1.70 bits per heavy atom. The summed E-state index contributed by atoms with van der Waals surface area (Å²) in [6, 6.07) is 14.2. The van der Waals surface area contributed by atoms with Crippen molar-refractivity contribution in [2.45, 2.75) is 35.1 Å². The summed E-state index contributed by atoms with van der Waals surface area (Å²) in [6.07, 6.45) is 2.20. The fraction of sp³-hybridized carbons (Fsp3) is 0.333. The number of phenolic OH excluding ortho intramolecular Hbond substituents is 1. The number of hydrogen-bond donors (Lipinski definition) is 1. The monoisotopic (exact) mass is 594 g/mol. The number of imide groups is 2. The number of allylic oxidation sites excluding steroid dienone is 2. The fourth-order valence-electron chi connectivity index (χ4n) is 7.43. The number of carbonyl (C=O) groups is 4. The molecular weight excluding hydrogens is 571 g/mol. The molecule has 2 aliphatic heterocycles. The Morgan fingerprint density at radius 1 is 0.950 bits per heavy atom. The SMILES string of the molecule is CN1C(=O)[C@]2(Cl)C[C@@H]3C(=CC[C@@H]4C(=O)N(Cc5cccs5)C(=O)[C@@H]43)[C@H](c3ccc(O)c4ccccc34)[C@]2(Cl)C1=O. The van der Waals surface area contributed by atoms with Gasteiger partial charge in [0.05, 0.1) is 18.4 Å². The van der Waals surface area contributed by atoms with E-state index in [0.29, 0.717) is 22.8 Å². The lowest BCUT2D eigenvalue weighted by Gasteiger charge is -2.51. The van der Waals surface area contributed by atoms with Crippen LogP contribution >= 0.6 is 34.5 Å². The summed E-state index contributed by atoms with van der Waals surface area (Å²) < 4.78 is 0. The molecule has 2 aromatic carbocycles. The number of fused-ring (bicyclic) bond motifs is 5. The van der Waals surface area contributed by atoms with Crippen molar-refractivity contribution in [3.8, 4) is 5.75 Å². The molecule has 4 aliphatic rings. The molecule has 2 saturated heterocycles. The molecule has 1 aromatic heterocycles. The number of phenols is 1. The van der Waals surface area contributed by atoms with Crippen LogP contribution in [0.4, 0.5) is 0 Å². The van der Waals surface area contributed by atoms with Crippen molar-refractivity contribution in [2.75, 3.05) is 7.05 Å². The van der Waals surface area contributed by atoms with Crippen molar-refractivity contribution in [3.63, 3.8) is 0 Å². The topological polar surface area (TPSA) is 95.0 Å². The van der Waals surface area contributed by atoms with Gasteiger partial charge >= 0.3 is 0 Å².